The zero-order valence-electron chi connectivity index (χ0n) is 7.41. The second kappa shape index (κ2) is 2.61. The summed E-state index contributed by atoms with van der Waals surface area (Å²) in [4.78, 5) is 0. The molecule has 0 fully saturated rings. The van der Waals surface area contributed by atoms with Crippen LogP contribution in [0.4, 0.5) is 0 Å². The quantitative estimate of drug-likeness (QED) is 0.478. The second-order valence-corrected chi connectivity index (χ2v) is 3.31. The Kier molecular flexibility index (Phi) is 1.98. The summed E-state index contributed by atoms with van der Waals surface area (Å²) in [6.07, 6.45) is 2.55. The van der Waals surface area contributed by atoms with E-state index in [0.717, 1.165) is 0 Å². The monoisotopic (exact) mass is 136 g/mol. The van der Waals surface area contributed by atoms with Crippen LogP contribution in [0.5, 0.6) is 0 Å². The zero-order valence-corrected chi connectivity index (χ0v) is 7.41. The van der Waals surface area contributed by atoms with Crippen LogP contribution in [0.15, 0.2) is 22.3 Å². The minimum Gasteiger partial charge on any atom is -0.0698 e. The van der Waals surface area contributed by atoms with Crippen molar-refractivity contribution in [3.8, 4) is 0 Å². The molecule has 10 heavy (non-hydrogen) atoms. The van der Waals surface area contributed by atoms with Crippen molar-refractivity contribution in [2.45, 2.75) is 40.5 Å². The van der Waals surface area contributed by atoms with Crippen LogP contribution >= 0.6 is 0 Å². The maximum Gasteiger partial charge on any atom is -0.0280 e. The molecule has 0 saturated carbocycles. The van der Waals surface area contributed by atoms with Crippen molar-refractivity contribution < 1.29 is 0 Å². The summed E-state index contributed by atoms with van der Waals surface area (Å²) in [6.45, 7) is 8.94. The Morgan fingerprint density at radius 3 is 1.30 bits per heavy atom. The molecule has 0 aromatic heterocycles. The van der Waals surface area contributed by atoms with Gasteiger partial charge in [-0.3, -0.25) is 0 Å². The fourth-order valence-corrected chi connectivity index (χ4v) is 1.39. The molecule has 0 aromatic rings. The van der Waals surface area contributed by atoms with Gasteiger partial charge < -0.3 is 0 Å². The average molecular weight is 136 g/mol. The summed E-state index contributed by atoms with van der Waals surface area (Å²) < 4.78 is 0. The molecule has 56 valence electrons. The van der Waals surface area contributed by atoms with Gasteiger partial charge in [0.1, 0.15) is 0 Å². The number of allylic oxidation sites excluding steroid dienone is 4. The molecule has 0 saturated heterocycles. The van der Waals surface area contributed by atoms with Crippen LogP contribution in [0.25, 0.3) is 0 Å². The lowest BCUT2D eigenvalue weighted by Gasteiger charge is -2.17. The van der Waals surface area contributed by atoms with Gasteiger partial charge in [-0.05, 0) is 51.7 Å². The Morgan fingerprint density at radius 2 is 1.00 bits per heavy atom. The lowest BCUT2D eigenvalue weighted by Crippen LogP contribution is -1.97. The third-order valence-corrected chi connectivity index (χ3v) is 2.72. The minimum absolute atomic E-state index is 1.27. The average Bonchev–Trinajstić information content (AvgIpc) is 1.93. The Labute approximate surface area is 63.6 Å². The van der Waals surface area contributed by atoms with Crippen LogP contribution in [0.3, 0.4) is 0 Å². The van der Waals surface area contributed by atoms with Gasteiger partial charge in [0.15, 0.2) is 0 Å². The van der Waals surface area contributed by atoms with E-state index in [9.17, 15) is 0 Å². The molecule has 0 aliphatic heterocycles. The number of rotatable bonds is 0. The smallest absolute Gasteiger partial charge is 0.0280 e. The van der Waals surface area contributed by atoms with Crippen molar-refractivity contribution in [3.63, 3.8) is 0 Å². The van der Waals surface area contributed by atoms with E-state index in [2.05, 4.69) is 27.7 Å². The molecule has 0 nitrogen and oxygen atoms in total. The van der Waals surface area contributed by atoms with Gasteiger partial charge in [0.05, 0.1) is 0 Å². The van der Waals surface area contributed by atoms with Gasteiger partial charge in [-0.1, -0.05) is 11.1 Å². The van der Waals surface area contributed by atoms with Crippen LogP contribution in [0, 0.1) is 0 Å². The lowest BCUT2D eigenvalue weighted by atomic mass is 9.89. The molecule has 0 aromatic carbocycles. The highest BCUT2D eigenvalue weighted by Crippen LogP contribution is 2.28. The Morgan fingerprint density at radius 1 is 0.700 bits per heavy atom. The highest BCUT2D eigenvalue weighted by atomic mass is 14.1. The fraction of sp³-hybridized carbons (Fsp3) is 0.600. The molecular formula is C10H16. The molecule has 0 spiro atoms. The molecule has 1 aliphatic rings. The van der Waals surface area contributed by atoms with E-state index in [1.165, 1.54) is 24.0 Å². The predicted octanol–water partition coefficient (Wildman–Crippen LogP) is 3.45. The second-order valence-electron chi connectivity index (χ2n) is 3.31. The standard InChI is InChI=1S/C10H16/c1-7-5-6-8(2)10(4)9(7)3/h5-6H2,1-4H3. The van der Waals surface area contributed by atoms with Gasteiger partial charge in [-0.25, -0.2) is 0 Å². The van der Waals surface area contributed by atoms with E-state index < -0.39 is 0 Å². The van der Waals surface area contributed by atoms with Gasteiger partial charge in [0.2, 0.25) is 0 Å². The van der Waals surface area contributed by atoms with Gasteiger partial charge in [0, 0.05) is 0 Å². The maximum absolute atomic E-state index is 2.24. The minimum atomic E-state index is 1.27. The van der Waals surface area contributed by atoms with Crippen molar-refractivity contribution in [1.29, 1.82) is 0 Å². The van der Waals surface area contributed by atoms with Crippen molar-refractivity contribution in [2.75, 3.05) is 0 Å². The Hall–Kier alpha value is -0.520. The molecule has 0 atom stereocenters. The molecule has 1 aliphatic carbocycles. The first-order chi connectivity index (χ1) is 4.63. The molecule has 0 heteroatoms. The molecule has 0 amide bonds. The molecule has 0 unspecified atom stereocenters. The van der Waals surface area contributed by atoms with E-state index in [1.807, 2.05) is 0 Å². The van der Waals surface area contributed by atoms with Crippen molar-refractivity contribution in [2.24, 2.45) is 0 Å². The normalized spacial score (nSPS) is 20.4. The third-order valence-electron chi connectivity index (χ3n) is 2.72. The summed E-state index contributed by atoms with van der Waals surface area (Å²) in [5.41, 5.74) is 6.18. The third kappa shape index (κ3) is 1.16. The highest BCUT2D eigenvalue weighted by molar-refractivity contribution is 5.38. The van der Waals surface area contributed by atoms with Gasteiger partial charge in [-0.15, -0.1) is 0 Å². The first-order valence-electron chi connectivity index (χ1n) is 3.96. The van der Waals surface area contributed by atoms with Crippen LogP contribution < -0.4 is 0 Å². The lowest BCUT2D eigenvalue weighted by molar-refractivity contribution is 0.863. The molecular weight excluding hydrogens is 120 g/mol. The van der Waals surface area contributed by atoms with E-state index in [4.69, 9.17) is 0 Å². The van der Waals surface area contributed by atoms with Crippen molar-refractivity contribution >= 4 is 0 Å². The van der Waals surface area contributed by atoms with Crippen LogP contribution in [-0.4, -0.2) is 0 Å². The van der Waals surface area contributed by atoms with Crippen LogP contribution in [-0.2, 0) is 0 Å². The van der Waals surface area contributed by atoms with Crippen molar-refractivity contribution in [3.05, 3.63) is 22.3 Å². The molecule has 0 radical (unpaired) electrons. The zero-order chi connectivity index (χ0) is 7.72. The molecule has 0 bridgehead atoms. The first kappa shape index (κ1) is 7.59. The summed E-state index contributed by atoms with van der Waals surface area (Å²) in [7, 11) is 0. The SMILES string of the molecule is CC1=C(C)C(C)=C(C)CC1. The number of hydrogen-bond donors (Lipinski definition) is 0. The van der Waals surface area contributed by atoms with Gasteiger partial charge in [0.25, 0.3) is 0 Å². The Balaban J connectivity index is 3.01. The summed E-state index contributed by atoms with van der Waals surface area (Å²) in [5.74, 6) is 0. The van der Waals surface area contributed by atoms with E-state index in [0.29, 0.717) is 0 Å². The summed E-state index contributed by atoms with van der Waals surface area (Å²) in [5, 5.41) is 0. The topological polar surface area (TPSA) is 0 Å². The van der Waals surface area contributed by atoms with Crippen LogP contribution in [0.2, 0.25) is 0 Å². The predicted molar refractivity (Wildman–Crippen MR) is 46.0 cm³/mol. The number of hydrogen-bond acceptors (Lipinski definition) is 0. The fourth-order valence-electron chi connectivity index (χ4n) is 1.39. The molecule has 0 N–H and O–H groups in total. The highest BCUT2D eigenvalue weighted by Gasteiger charge is 2.08. The first-order valence-corrected chi connectivity index (χ1v) is 3.96. The van der Waals surface area contributed by atoms with Crippen LogP contribution in [0.1, 0.15) is 40.5 Å². The summed E-state index contributed by atoms with van der Waals surface area (Å²) in [6, 6.07) is 0. The van der Waals surface area contributed by atoms with E-state index in [1.54, 1.807) is 11.1 Å². The molecule has 0 heterocycles. The van der Waals surface area contributed by atoms with Gasteiger partial charge in [-0.2, -0.15) is 0 Å². The van der Waals surface area contributed by atoms with Gasteiger partial charge >= 0.3 is 0 Å². The Bertz CT molecular complexity index is 180. The van der Waals surface area contributed by atoms with E-state index in [-0.39, 0.29) is 0 Å². The van der Waals surface area contributed by atoms with E-state index >= 15 is 0 Å². The van der Waals surface area contributed by atoms with Crippen molar-refractivity contribution in [1.82, 2.24) is 0 Å². The molecule has 1 rings (SSSR count). The summed E-state index contributed by atoms with van der Waals surface area (Å²) >= 11 is 0. The largest absolute Gasteiger partial charge is 0.0698 e. The maximum atomic E-state index is 2.24.